The first kappa shape index (κ1) is 22.5. The summed E-state index contributed by atoms with van der Waals surface area (Å²) >= 11 is 0. The van der Waals surface area contributed by atoms with E-state index in [0.29, 0.717) is 48.7 Å². The summed E-state index contributed by atoms with van der Waals surface area (Å²) in [5, 5.41) is 0. The van der Waals surface area contributed by atoms with Gasteiger partial charge in [-0.2, -0.15) is 4.98 Å². The number of fused-ring (bicyclic) bond motifs is 1. The molecule has 2 N–H and O–H groups in total. The average Bonchev–Trinajstić information content (AvgIpc) is 3.36. The highest BCUT2D eigenvalue weighted by Gasteiger charge is 2.31. The molecule has 1 aromatic carbocycles. The second-order valence-corrected chi connectivity index (χ2v) is 8.47. The third-order valence-corrected chi connectivity index (χ3v) is 5.86. The van der Waals surface area contributed by atoms with Crippen molar-refractivity contribution in [2.75, 3.05) is 46.6 Å². The fourth-order valence-corrected chi connectivity index (χ4v) is 4.16. The molecule has 1 saturated heterocycles. The van der Waals surface area contributed by atoms with Crippen molar-refractivity contribution in [3.05, 3.63) is 52.6 Å². The smallest absolute Gasteiger partial charge is 0.335 e. The monoisotopic (exact) mass is 451 g/mol. The second kappa shape index (κ2) is 9.07. The number of hydrogen-bond acceptors (Lipinski definition) is 7. The molecule has 3 aromatic rings. The number of anilines is 1. The van der Waals surface area contributed by atoms with Crippen molar-refractivity contribution < 1.29 is 9.53 Å². The molecule has 0 spiro atoms. The summed E-state index contributed by atoms with van der Waals surface area (Å²) in [5.41, 5.74) is 8.23. The van der Waals surface area contributed by atoms with Crippen molar-refractivity contribution in [1.29, 1.82) is 0 Å². The van der Waals surface area contributed by atoms with Gasteiger partial charge in [0, 0.05) is 31.8 Å². The van der Waals surface area contributed by atoms with Crippen LogP contribution in [0.15, 0.2) is 41.3 Å². The molecule has 1 aliphatic heterocycles. The van der Waals surface area contributed by atoms with Crippen LogP contribution in [0.5, 0.6) is 5.75 Å². The number of amides is 1. The predicted molar refractivity (Wildman–Crippen MR) is 127 cm³/mol. The van der Waals surface area contributed by atoms with Crippen molar-refractivity contribution in [3.8, 4) is 11.4 Å². The van der Waals surface area contributed by atoms with E-state index in [4.69, 9.17) is 10.5 Å². The highest BCUT2D eigenvalue weighted by Crippen LogP contribution is 2.27. The maximum atomic E-state index is 13.6. The van der Waals surface area contributed by atoms with E-state index >= 15 is 0 Å². The first-order chi connectivity index (χ1) is 15.8. The summed E-state index contributed by atoms with van der Waals surface area (Å²) in [4.78, 5) is 38.5. The molecule has 1 amide bonds. The molecule has 1 fully saturated rings. The van der Waals surface area contributed by atoms with Crippen molar-refractivity contribution in [1.82, 2.24) is 28.9 Å². The zero-order valence-corrected chi connectivity index (χ0v) is 19.4. The van der Waals surface area contributed by atoms with Gasteiger partial charge in [0.25, 0.3) is 0 Å². The Kier molecular flexibility index (Phi) is 6.19. The van der Waals surface area contributed by atoms with Gasteiger partial charge >= 0.3 is 5.69 Å². The number of nitrogens with zero attached hydrogens (tertiary/aromatic N) is 6. The Morgan fingerprint density at radius 1 is 1.36 bits per heavy atom. The third-order valence-electron chi connectivity index (χ3n) is 5.86. The molecule has 1 unspecified atom stereocenters. The molecule has 1 aliphatic rings. The van der Waals surface area contributed by atoms with Crippen LogP contribution < -0.4 is 16.2 Å². The molecule has 33 heavy (non-hydrogen) atoms. The SMILES string of the molecule is COc1cc(-n2c(=O)n(C3CCN(C(=O)C=CCN(C)C)C3)c3nc(N)ncc32)ccc1C. The summed E-state index contributed by atoms with van der Waals surface area (Å²) in [5.74, 6) is 0.708. The maximum absolute atomic E-state index is 13.6. The van der Waals surface area contributed by atoms with Gasteiger partial charge in [0.1, 0.15) is 11.3 Å². The number of nitrogens with two attached hydrogens (primary N) is 1. The van der Waals surface area contributed by atoms with Crippen LogP contribution >= 0.6 is 0 Å². The van der Waals surface area contributed by atoms with Gasteiger partial charge in [0.15, 0.2) is 5.65 Å². The molecule has 0 bridgehead atoms. The minimum Gasteiger partial charge on any atom is -0.496 e. The van der Waals surface area contributed by atoms with E-state index in [1.807, 2.05) is 50.2 Å². The quantitative estimate of drug-likeness (QED) is 0.564. The van der Waals surface area contributed by atoms with Crippen LogP contribution in [0.4, 0.5) is 5.95 Å². The summed E-state index contributed by atoms with van der Waals surface area (Å²) in [6, 6.07) is 5.36. The van der Waals surface area contributed by atoms with Gasteiger partial charge in [-0.05, 0) is 39.1 Å². The molecular weight excluding hydrogens is 422 g/mol. The number of rotatable bonds is 6. The molecule has 10 heteroatoms. The Labute approximate surface area is 191 Å². The van der Waals surface area contributed by atoms with E-state index < -0.39 is 0 Å². The second-order valence-electron chi connectivity index (χ2n) is 8.47. The lowest BCUT2D eigenvalue weighted by Gasteiger charge is -2.15. The number of hydrogen-bond donors (Lipinski definition) is 1. The number of carbonyl (C=O) groups excluding carboxylic acids is 1. The Morgan fingerprint density at radius 3 is 2.88 bits per heavy atom. The summed E-state index contributed by atoms with van der Waals surface area (Å²) in [7, 11) is 5.49. The standard InChI is InChI=1S/C23H29N7O3/c1-15-7-8-16(12-19(15)33-4)29-18-13-25-22(24)26-21(18)30(23(29)32)17-9-11-28(14-17)20(31)6-5-10-27(2)3/h5-8,12-13,17H,9-11,14H2,1-4H3,(H2,24,25,26). The minimum absolute atomic E-state index is 0.0615. The van der Waals surface area contributed by atoms with Crippen molar-refractivity contribution in [3.63, 3.8) is 0 Å². The summed E-state index contributed by atoms with van der Waals surface area (Å²) in [6.07, 6.45) is 5.64. The Balaban J connectivity index is 1.73. The van der Waals surface area contributed by atoms with E-state index in [9.17, 15) is 9.59 Å². The van der Waals surface area contributed by atoms with E-state index in [1.54, 1.807) is 33.4 Å². The van der Waals surface area contributed by atoms with Gasteiger partial charge in [-0.25, -0.2) is 9.78 Å². The number of likely N-dealkylation sites (N-methyl/N-ethyl adjacent to an activating group) is 1. The van der Waals surface area contributed by atoms with Gasteiger partial charge in [0.2, 0.25) is 11.9 Å². The summed E-state index contributed by atoms with van der Waals surface area (Å²) in [6.45, 7) is 3.61. The van der Waals surface area contributed by atoms with Crippen molar-refractivity contribution >= 4 is 23.0 Å². The summed E-state index contributed by atoms with van der Waals surface area (Å²) < 4.78 is 8.65. The maximum Gasteiger partial charge on any atom is 0.335 e. The number of aryl methyl sites for hydroxylation is 1. The van der Waals surface area contributed by atoms with E-state index in [0.717, 1.165) is 5.56 Å². The van der Waals surface area contributed by atoms with Gasteiger partial charge in [-0.15, -0.1) is 0 Å². The lowest BCUT2D eigenvalue weighted by Crippen LogP contribution is -2.31. The first-order valence-corrected chi connectivity index (χ1v) is 10.8. The number of nitrogen functional groups attached to an aromatic ring is 1. The third kappa shape index (κ3) is 4.34. The fraction of sp³-hybridized carbons (Fsp3) is 0.391. The predicted octanol–water partition coefficient (Wildman–Crippen LogP) is 1.37. The Morgan fingerprint density at radius 2 is 2.15 bits per heavy atom. The van der Waals surface area contributed by atoms with Crippen LogP contribution in [0.1, 0.15) is 18.0 Å². The molecule has 3 heterocycles. The first-order valence-electron chi connectivity index (χ1n) is 10.8. The van der Waals surface area contributed by atoms with Crippen LogP contribution in [0.2, 0.25) is 0 Å². The van der Waals surface area contributed by atoms with Gasteiger partial charge in [-0.3, -0.25) is 13.9 Å². The number of likely N-dealkylation sites (tertiary alicyclic amines) is 1. The van der Waals surface area contributed by atoms with E-state index in [-0.39, 0.29) is 23.6 Å². The van der Waals surface area contributed by atoms with Crippen LogP contribution in [-0.4, -0.2) is 75.6 Å². The Hall–Kier alpha value is -3.66. The molecule has 174 valence electrons. The minimum atomic E-state index is -0.252. The topological polar surface area (TPSA) is 112 Å². The van der Waals surface area contributed by atoms with Gasteiger partial charge in [-0.1, -0.05) is 12.1 Å². The number of carbonyl (C=O) groups is 1. The molecule has 2 aromatic heterocycles. The number of ether oxygens (including phenoxy) is 1. The number of benzene rings is 1. The number of aromatic nitrogens is 4. The fourth-order valence-electron chi connectivity index (χ4n) is 4.16. The number of imidazole rings is 1. The van der Waals surface area contributed by atoms with Crippen molar-refractivity contribution in [2.24, 2.45) is 0 Å². The molecule has 0 saturated carbocycles. The molecule has 10 nitrogen and oxygen atoms in total. The largest absolute Gasteiger partial charge is 0.496 e. The van der Waals surface area contributed by atoms with Gasteiger partial charge in [0.05, 0.1) is 25.0 Å². The highest BCUT2D eigenvalue weighted by molar-refractivity contribution is 5.87. The van der Waals surface area contributed by atoms with E-state index in [2.05, 4.69) is 9.97 Å². The van der Waals surface area contributed by atoms with Crippen molar-refractivity contribution in [2.45, 2.75) is 19.4 Å². The normalized spacial score (nSPS) is 16.4. The van der Waals surface area contributed by atoms with Crippen LogP contribution in [0, 0.1) is 6.92 Å². The van der Waals surface area contributed by atoms with E-state index in [1.165, 1.54) is 0 Å². The lowest BCUT2D eigenvalue weighted by atomic mass is 10.2. The Bertz CT molecular complexity index is 1280. The van der Waals surface area contributed by atoms with Gasteiger partial charge < -0.3 is 20.3 Å². The molecular formula is C23H29N7O3. The molecule has 0 radical (unpaired) electrons. The zero-order valence-electron chi connectivity index (χ0n) is 19.4. The molecule has 1 atom stereocenters. The average molecular weight is 452 g/mol. The van der Waals surface area contributed by atoms with Crippen LogP contribution in [0.25, 0.3) is 16.9 Å². The molecule has 0 aliphatic carbocycles. The lowest BCUT2D eigenvalue weighted by molar-refractivity contribution is -0.125. The zero-order chi connectivity index (χ0) is 23.7. The van der Waals surface area contributed by atoms with Crippen LogP contribution in [0.3, 0.4) is 0 Å². The highest BCUT2D eigenvalue weighted by atomic mass is 16.5. The number of methoxy groups -OCH3 is 1. The van der Waals surface area contributed by atoms with Crippen LogP contribution in [-0.2, 0) is 4.79 Å². The molecule has 4 rings (SSSR count).